The normalized spacial score (nSPS) is 21.2. The molecular formula is C15H32N4O. The zero-order valence-electron chi connectivity index (χ0n) is 13.4. The summed E-state index contributed by atoms with van der Waals surface area (Å²) in [5.74, 6) is 0.165. The molecule has 1 rings (SSSR count). The minimum absolute atomic E-state index is 0.0351. The number of nitrogens with two attached hydrogens (primary N) is 1. The van der Waals surface area contributed by atoms with E-state index in [1.807, 2.05) is 6.92 Å². The van der Waals surface area contributed by atoms with E-state index in [-0.39, 0.29) is 18.0 Å². The fourth-order valence-corrected chi connectivity index (χ4v) is 2.82. The Balaban J connectivity index is 2.42. The van der Waals surface area contributed by atoms with E-state index in [0.717, 1.165) is 52.0 Å². The lowest BCUT2D eigenvalue weighted by Crippen LogP contribution is -2.48. The third kappa shape index (κ3) is 5.77. The van der Waals surface area contributed by atoms with E-state index in [1.54, 1.807) is 0 Å². The summed E-state index contributed by atoms with van der Waals surface area (Å²) in [4.78, 5) is 16.9. The average molecular weight is 284 g/mol. The summed E-state index contributed by atoms with van der Waals surface area (Å²) in [6.07, 6.45) is 3.26. The third-order valence-corrected chi connectivity index (χ3v) is 4.11. The number of rotatable bonds is 7. The number of hydrogen-bond donors (Lipinski definition) is 2. The summed E-state index contributed by atoms with van der Waals surface area (Å²) in [5, 5.41) is 3.12. The van der Waals surface area contributed by atoms with Gasteiger partial charge in [-0.3, -0.25) is 9.69 Å². The van der Waals surface area contributed by atoms with Crippen molar-refractivity contribution in [3.63, 3.8) is 0 Å². The molecule has 0 aromatic carbocycles. The highest BCUT2D eigenvalue weighted by Gasteiger charge is 2.24. The van der Waals surface area contributed by atoms with Crippen molar-refractivity contribution in [1.29, 1.82) is 0 Å². The smallest absolute Gasteiger partial charge is 0.237 e. The predicted molar refractivity (Wildman–Crippen MR) is 83.7 cm³/mol. The zero-order chi connectivity index (χ0) is 15.0. The molecule has 118 valence electrons. The Morgan fingerprint density at radius 2 is 2.00 bits per heavy atom. The minimum atomic E-state index is -0.0351. The first-order valence-electron chi connectivity index (χ1n) is 8.05. The van der Waals surface area contributed by atoms with E-state index in [2.05, 4.69) is 29.0 Å². The lowest BCUT2D eigenvalue weighted by molar-refractivity contribution is -0.126. The van der Waals surface area contributed by atoms with Gasteiger partial charge in [0.15, 0.2) is 0 Å². The minimum Gasteiger partial charge on any atom is -0.352 e. The van der Waals surface area contributed by atoms with E-state index >= 15 is 0 Å². The van der Waals surface area contributed by atoms with E-state index < -0.39 is 0 Å². The van der Waals surface area contributed by atoms with Crippen LogP contribution in [0.2, 0.25) is 0 Å². The summed E-state index contributed by atoms with van der Waals surface area (Å²) in [6.45, 7) is 12.0. The second-order valence-corrected chi connectivity index (χ2v) is 5.89. The molecule has 0 aromatic heterocycles. The second kappa shape index (κ2) is 9.32. The number of nitrogens with one attached hydrogen (secondary N) is 1. The van der Waals surface area contributed by atoms with Crippen LogP contribution in [-0.2, 0) is 4.79 Å². The Hall–Kier alpha value is -0.650. The molecule has 0 saturated carbocycles. The summed E-state index contributed by atoms with van der Waals surface area (Å²) in [5.41, 5.74) is 5.62. The van der Waals surface area contributed by atoms with Gasteiger partial charge in [-0.2, -0.15) is 0 Å². The van der Waals surface area contributed by atoms with Crippen molar-refractivity contribution in [2.24, 2.45) is 5.73 Å². The highest BCUT2D eigenvalue weighted by molar-refractivity contribution is 5.81. The monoisotopic (exact) mass is 284 g/mol. The molecule has 3 N–H and O–H groups in total. The summed E-state index contributed by atoms with van der Waals surface area (Å²) < 4.78 is 0. The number of amides is 1. The van der Waals surface area contributed by atoms with Gasteiger partial charge in [0.25, 0.3) is 0 Å². The molecule has 1 fully saturated rings. The predicted octanol–water partition coefficient (Wildman–Crippen LogP) is 0.646. The standard InChI is InChI=1S/C15H32N4O/c1-4-6-13(2)17-15(20)14(3)19-9-5-8-18(10-7-16)11-12-19/h13-14H,4-12,16H2,1-3H3,(H,17,20). The Morgan fingerprint density at radius 3 is 2.65 bits per heavy atom. The van der Waals surface area contributed by atoms with Gasteiger partial charge in [-0.25, -0.2) is 0 Å². The molecule has 20 heavy (non-hydrogen) atoms. The van der Waals surface area contributed by atoms with Crippen LogP contribution < -0.4 is 11.1 Å². The molecule has 0 aromatic rings. The largest absolute Gasteiger partial charge is 0.352 e. The Bertz CT molecular complexity index is 285. The Morgan fingerprint density at radius 1 is 1.25 bits per heavy atom. The van der Waals surface area contributed by atoms with Crippen molar-refractivity contribution in [2.45, 2.75) is 52.1 Å². The number of nitrogens with zero attached hydrogens (tertiary/aromatic N) is 2. The highest BCUT2D eigenvalue weighted by atomic mass is 16.2. The van der Waals surface area contributed by atoms with Crippen LogP contribution in [0.3, 0.4) is 0 Å². The molecule has 1 aliphatic heterocycles. The summed E-state index contributed by atoms with van der Waals surface area (Å²) in [6, 6.07) is 0.239. The average Bonchev–Trinajstić information content (AvgIpc) is 2.64. The summed E-state index contributed by atoms with van der Waals surface area (Å²) >= 11 is 0. The molecule has 5 heteroatoms. The van der Waals surface area contributed by atoms with Gasteiger partial charge in [-0.05, 0) is 33.2 Å². The van der Waals surface area contributed by atoms with Gasteiger partial charge in [0, 0.05) is 38.8 Å². The van der Waals surface area contributed by atoms with E-state index in [4.69, 9.17) is 5.73 Å². The van der Waals surface area contributed by atoms with Crippen LogP contribution >= 0.6 is 0 Å². The van der Waals surface area contributed by atoms with Gasteiger partial charge >= 0.3 is 0 Å². The SMILES string of the molecule is CCCC(C)NC(=O)C(C)N1CCCN(CCN)CC1. The third-order valence-electron chi connectivity index (χ3n) is 4.11. The molecule has 1 saturated heterocycles. The lowest BCUT2D eigenvalue weighted by Gasteiger charge is -2.28. The highest BCUT2D eigenvalue weighted by Crippen LogP contribution is 2.08. The van der Waals surface area contributed by atoms with Crippen LogP contribution in [0.4, 0.5) is 0 Å². The van der Waals surface area contributed by atoms with Crippen molar-refractivity contribution in [1.82, 2.24) is 15.1 Å². The maximum atomic E-state index is 12.3. The Labute approximate surface area is 123 Å². The molecular weight excluding hydrogens is 252 g/mol. The van der Waals surface area contributed by atoms with Crippen LogP contribution in [0, 0.1) is 0 Å². The fraction of sp³-hybridized carbons (Fsp3) is 0.933. The number of carbonyl (C=O) groups is 1. The van der Waals surface area contributed by atoms with Crippen LogP contribution in [-0.4, -0.2) is 67.1 Å². The van der Waals surface area contributed by atoms with Gasteiger partial charge in [0.05, 0.1) is 6.04 Å². The van der Waals surface area contributed by atoms with E-state index in [9.17, 15) is 4.79 Å². The number of carbonyl (C=O) groups excluding carboxylic acids is 1. The molecule has 1 heterocycles. The first-order chi connectivity index (χ1) is 9.58. The lowest BCUT2D eigenvalue weighted by atomic mass is 10.1. The van der Waals surface area contributed by atoms with Crippen LogP contribution in [0.15, 0.2) is 0 Å². The van der Waals surface area contributed by atoms with Gasteiger partial charge < -0.3 is 16.0 Å². The number of hydrogen-bond acceptors (Lipinski definition) is 4. The van der Waals surface area contributed by atoms with Gasteiger partial charge in [0.2, 0.25) is 5.91 Å². The molecule has 2 atom stereocenters. The van der Waals surface area contributed by atoms with E-state index in [1.165, 1.54) is 0 Å². The fourth-order valence-electron chi connectivity index (χ4n) is 2.82. The molecule has 1 amide bonds. The molecule has 0 bridgehead atoms. The molecule has 0 spiro atoms. The van der Waals surface area contributed by atoms with Crippen molar-refractivity contribution in [3.05, 3.63) is 0 Å². The van der Waals surface area contributed by atoms with Crippen LogP contribution in [0.25, 0.3) is 0 Å². The maximum absolute atomic E-state index is 12.3. The topological polar surface area (TPSA) is 61.6 Å². The van der Waals surface area contributed by atoms with Crippen molar-refractivity contribution < 1.29 is 4.79 Å². The van der Waals surface area contributed by atoms with Gasteiger partial charge in [-0.1, -0.05) is 13.3 Å². The van der Waals surface area contributed by atoms with Crippen LogP contribution in [0.1, 0.15) is 40.0 Å². The maximum Gasteiger partial charge on any atom is 0.237 e. The molecule has 0 aliphatic carbocycles. The van der Waals surface area contributed by atoms with Crippen molar-refractivity contribution in [2.75, 3.05) is 39.3 Å². The first kappa shape index (κ1) is 17.4. The quantitative estimate of drug-likeness (QED) is 0.720. The Kier molecular flexibility index (Phi) is 8.11. The zero-order valence-corrected chi connectivity index (χ0v) is 13.4. The molecule has 1 aliphatic rings. The molecule has 5 nitrogen and oxygen atoms in total. The van der Waals surface area contributed by atoms with Crippen LogP contribution in [0.5, 0.6) is 0 Å². The van der Waals surface area contributed by atoms with Gasteiger partial charge in [-0.15, -0.1) is 0 Å². The van der Waals surface area contributed by atoms with Gasteiger partial charge in [0.1, 0.15) is 0 Å². The second-order valence-electron chi connectivity index (χ2n) is 5.89. The first-order valence-corrected chi connectivity index (χ1v) is 8.05. The van der Waals surface area contributed by atoms with Crippen molar-refractivity contribution in [3.8, 4) is 0 Å². The van der Waals surface area contributed by atoms with Crippen molar-refractivity contribution >= 4 is 5.91 Å². The molecule has 0 radical (unpaired) electrons. The molecule has 2 unspecified atom stereocenters. The summed E-state index contributed by atoms with van der Waals surface area (Å²) in [7, 11) is 0. The van der Waals surface area contributed by atoms with E-state index in [0.29, 0.717) is 6.54 Å².